The maximum absolute atomic E-state index is 6.52. The Morgan fingerprint density at radius 3 is 1.75 bits per heavy atom. The molecule has 53 heavy (non-hydrogen) atoms. The first-order valence-electron chi connectivity index (χ1n) is 18.2. The van der Waals surface area contributed by atoms with Gasteiger partial charge in [0.15, 0.2) is 0 Å². The molecule has 0 spiro atoms. The van der Waals surface area contributed by atoms with Gasteiger partial charge < -0.3 is 13.7 Å². The van der Waals surface area contributed by atoms with E-state index in [0.717, 1.165) is 72.1 Å². The highest BCUT2D eigenvalue weighted by molar-refractivity contribution is 6.13. The minimum Gasteiger partial charge on any atom is -0.456 e. The van der Waals surface area contributed by atoms with Crippen LogP contribution in [0.4, 0.5) is 17.1 Å². The molecule has 0 radical (unpaired) electrons. The molecule has 2 heterocycles. The molecule has 1 aliphatic carbocycles. The Bertz CT molecular complexity index is 2980. The molecule has 0 aliphatic heterocycles. The van der Waals surface area contributed by atoms with Crippen molar-refractivity contribution in [3.63, 3.8) is 0 Å². The highest BCUT2D eigenvalue weighted by Gasteiger charge is 2.40. The lowest BCUT2D eigenvalue weighted by molar-refractivity contribution is 0.667. The molecule has 8 aromatic carbocycles. The predicted octanol–water partition coefficient (Wildman–Crippen LogP) is 14.0. The van der Waals surface area contributed by atoms with E-state index in [1.165, 1.54) is 27.8 Å². The van der Waals surface area contributed by atoms with Crippen molar-refractivity contribution in [1.29, 1.82) is 0 Å². The number of hydrogen-bond acceptors (Lipinski definition) is 3. The normalized spacial score (nSPS) is 13.2. The Morgan fingerprint density at radius 1 is 0.396 bits per heavy atom. The molecule has 250 valence electrons. The van der Waals surface area contributed by atoms with Crippen molar-refractivity contribution in [2.24, 2.45) is 0 Å². The first-order valence-corrected chi connectivity index (χ1v) is 18.2. The maximum Gasteiger partial charge on any atom is 0.136 e. The number of hydrogen-bond donors (Lipinski definition) is 0. The van der Waals surface area contributed by atoms with Gasteiger partial charge in [-0.2, -0.15) is 0 Å². The minimum absolute atomic E-state index is 0.284. The van der Waals surface area contributed by atoms with Crippen molar-refractivity contribution in [2.75, 3.05) is 4.90 Å². The topological polar surface area (TPSA) is 29.5 Å². The van der Waals surface area contributed by atoms with Gasteiger partial charge in [-0.1, -0.05) is 115 Å². The quantitative estimate of drug-likeness (QED) is 0.181. The van der Waals surface area contributed by atoms with E-state index in [2.05, 4.69) is 182 Å². The Morgan fingerprint density at radius 2 is 0.962 bits per heavy atom. The van der Waals surface area contributed by atoms with E-state index in [1.807, 2.05) is 12.1 Å². The van der Waals surface area contributed by atoms with Gasteiger partial charge in [0, 0.05) is 44.0 Å². The highest BCUT2D eigenvalue weighted by atomic mass is 16.3. The Kier molecular flexibility index (Phi) is 6.38. The van der Waals surface area contributed by atoms with Crippen LogP contribution in [0.3, 0.4) is 0 Å². The van der Waals surface area contributed by atoms with Gasteiger partial charge in [-0.3, -0.25) is 0 Å². The smallest absolute Gasteiger partial charge is 0.136 e. The van der Waals surface area contributed by atoms with Crippen LogP contribution in [0, 0.1) is 0 Å². The summed E-state index contributed by atoms with van der Waals surface area (Å²) < 4.78 is 12.7. The molecule has 10 aromatic rings. The van der Waals surface area contributed by atoms with Crippen molar-refractivity contribution < 1.29 is 8.83 Å². The van der Waals surface area contributed by atoms with Crippen molar-refractivity contribution in [1.82, 2.24) is 0 Å². The fourth-order valence-electron chi connectivity index (χ4n) is 8.81. The lowest BCUT2D eigenvalue weighted by Crippen LogP contribution is -2.22. The first kappa shape index (κ1) is 29.8. The second kappa shape index (κ2) is 11.3. The summed E-state index contributed by atoms with van der Waals surface area (Å²) in [7, 11) is 0. The lowest BCUT2D eigenvalue weighted by atomic mass is 9.74. The van der Waals surface area contributed by atoms with Crippen molar-refractivity contribution in [3.8, 4) is 22.3 Å². The number of fused-ring (bicyclic) bond motifs is 9. The molecular weight excluding hydrogens is 647 g/mol. The number of furan rings is 2. The zero-order valence-electron chi connectivity index (χ0n) is 29.1. The van der Waals surface area contributed by atoms with E-state index in [9.17, 15) is 0 Å². The van der Waals surface area contributed by atoms with Crippen LogP contribution in [0.25, 0.3) is 66.1 Å². The van der Waals surface area contributed by atoms with Crippen molar-refractivity contribution in [3.05, 3.63) is 199 Å². The number of para-hydroxylation sites is 2. The molecule has 0 amide bonds. The van der Waals surface area contributed by atoms with Gasteiger partial charge in [0.2, 0.25) is 0 Å². The Balaban J connectivity index is 1.04. The molecule has 0 saturated carbocycles. The molecule has 0 bridgehead atoms. The zero-order valence-corrected chi connectivity index (χ0v) is 29.1. The number of rotatable bonds is 5. The maximum atomic E-state index is 6.52. The predicted molar refractivity (Wildman–Crippen MR) is 219 cm³/mol. The first-order chi connectivity index (χ1) is 26.1. The third kappa shape index (κ3) is 4.41. The highest BCUT2D eigenvalue weighted by Crippen LogP contribution is 2.53. The minimum atomic E-state index is -0.284. The molecule has 0 atom stereocenters. The van der Waals surface area contributed by atoms with Crippen LogP contribution in [0.15, 0.2) is 191 Å². The van der Waals surface area contributed by atoms with Gasteiger partial charge in [-0.05, 0) is 113 Å². The van der Waals surface area contributed by atoms with E-state index in [0.29, 0.717) is 0 Å². The third-order valence-corrected chi connectivity index (χ3v) is 11.4. The van der Waals surface area contributed by atoms with Crippen LogP contribution in [0.1, 0.15) is 23.6 Å². The second-order valence-corrected chi connectivity index (χ2v) is 14.2. The summed E-state index contributed by atoms with van der Waals surface area (Å²) in [5.74, 6) is 0. The van der Waals surface area contributed by atoms with Crippen LogP contribution in [0.5, 0.6) is 0 Å². The summed E-state index contributed by atoms with van der Waals surface area (Å²) in [6.07, 6.45) is 0. The number of anilines is 3. The molecule has 0 N–H and O–H groups in total. The third-order valence-electron chi connectivity index (χ3n) is 11.4. The van der Waals surface area contributed by atoms with E-state index < -0.39 is 0 Å². The monoisotopic (exact) mass is 679 g/mol. The number of benzene rings is 8. The molecule has 1 aliphatic rings. The summed E-state index contributed by atoms with van der Waals surface area (Å²) in [4.78, 5) is 2.31. The van der Waals surface area contributed by atoms with E-state index >= 15 is 0 Å². The summed E-state index contributed by atoms with van der Waals surface area (Å²) in [6.45, 7) is 2.37. The van der Waals surface area contributed by atoms with Gasteiger partial charge in [-0.25, -0.2) is 0 Å². The van der Waals surface area contributed by atoms with Crippen LogP contribution in [-0.2, 0) is 5.41 Å². The van der Waals surface area contributed by atoms with Gasteiger partial charge >= 0.3 is 0 Å². The van der Waals surface area contributed by atoms with Crippen molar-refractivity contribution in [2.45, 2.75) is 12.3 Å². The molecule has 11 rings (SSSR count). The van der Waals surface area contributed by atoms with E-state index in [-0.39, 0.29) is 5.41 Å². The van der Waals surface area contributed by atoms with Crippen LogP contribution >= 0.6 is 0 Å². The van der Waals surface area contributed by atoms with Crippen LogP contribution in [0.2, 0.25) is 0 Å². The van der Waals surface area contributed by atoms with Gasteiger partial charge in [0.25, 0.3) is 0 Å². The molecule has 0 fully saturated rings. The average molecular weight is 680 g/mol. The summed E-state index contributed by atoms with van der Waals surface area (Å²) >= 11 is 0. The van der Waals surface area contributed by atoms with Crippen LogP contribution < -0.4 is 4.90 Å². The SMILES string of the molecule is CC1(c2ccc3oc4cccc(-c5ccc(N(c6ccccc6)c6ccc7oc8ccccc8c7c6)cc5)c4c3c2)c2ccccc2-c2ccccc21. The number of nitrogens with zero attached hydrogens (tertiary/aromatic N) is 1. The molecular formula is C50H33NO2. The van der Waals surface area contributed by atoms with Crippen molar-refractivity contribution >= 4 is 60.9 Å². The standard InChI is InChI=1S/C50H33NO2/c1-50(43-18-8-5-14-38(43)39-15-6-9-19-44(39)50)33-24-28-47-42(30-33)49-37(17-11-21-48(49)53-47)32-22-25-35(26-23-32)51(34-12-3-2-4-13-34)36-27-29-46-41(31-36)40-16-7-10-20-45(40)52-46/h2-31H,1H3. The Labute approximate surface area is 307 Å². The van der Waals surface area contributed by atoms with Crippen LogP contribution in [-0.4, -0.2) is 0 Å². The second-order valence-electron chi connectivity index (χ2n) is 14.2. The van der Waals surface area contributed by atoms with Gasteiger partial charge in [0.1, 0.15) is 22.3 Å². The van der Waals surface area contributed by atoms with E-state index in [1.54, 1.807) is 0 Å². The molecule has 0 unspecified atom stereocenters. The summed E-state index contributed by atoms with van der Waals surface area (Å²) in [6, 6.07) is 65.0. The average Bonchev–Trinajstić information content (AvgIpc) is 3.87. The summed E-state index contributed by atoms with van der Waals surface area (Å²) in [5, 5.41) is 4.49. The molecule has 3 heteroatoms. The van der Waals surface area contributed by atoms with Gasteiger partial charge in [-0.15, -0.1) is 0 Å². The van der Waals surface area contributed by atoms with Gasteiger partial charge in [0.05, 0.1) is 0 Å². The lowest BCUT2D eigenvalue weighted by Gasteiger charge is -2.28. The van der Waals surface area contributed by atoms with E-state index in [4.69, 9.17) is 8.83 Å². The fourth-order valence-corrected chi connectivity index (χ4v) is 8.81. The zero-order chi connectivity index (χ0) is 35.1. The molecule has 0 saturated heterocycles. The molecule has 2 aromatic heterocycles. The fraction of sp³-hybridized carbons (Fsp3) is 0.0400. The Hall–Kier alpha value is -6.84. The summed E-state index contributed by atoms with van der Waals surface area (Å²) in [5.41, 5.74) is 15.4. The molecule has 3 nitrogen and oxygen atoms in total. The largest absolute Gasteiger partial charge is 0.456 e.